The molecule has 0 fully saturated rings. The van der Waals surface area contributed by atoms with Crippen molar-refractivity contribution >= 4 is 11.8 Å². The summed E-state index contributed by atoms with van der Waals surface area (Å²) in [6, 6.07) is 10.8. The first-order chi connectivity index (χ1) is 10.1. The Labute approximate surface area is 125 Å². The van der Waals surface area contributed by atoms with Gasteiger partial charge in [-0.2, -0.15) is 0 Å². The van der Waals surface area contributed by atoms with Gasteiger partial charge in [0, 0.05) is 0 Å². The first-order valence-corrected chi connectivity index (χ1v) is 7.54. The van der Waals surface area contributed by atoms with Crippen molar-refractivity contribution in [1.82, 2.24) is 0 Å². The van der Waals surface area contributed by atoms with E-state index in [4.69, 9.17) is 9.47 Å². The van der Waals surface area contributed by atoms with Crippen LogP contribution in [0.2, 0.25) is 0 Å². The standard InChI is InChI=1S/C17H22N2O2/c1-12-10-20-15(18-12)17(3,16-19-13(2)11-21-16)9-14-7-5-4-6-8-14/h4-8,12-13H,9-11H2,1-3H3. The maximum absolute atomic E-state index is 5.84. The predicted octanol–water partition coefficient (Wildman–Crippen LogP) is 2.87. The van der Waals surface area contributed by atoms with E-state index in [1.54, 1.807) is 0 Å². The van der Waals surface area contributed by atoms with E-state index in [2.05, 4.69) is 55.0 Å². The molecule has 2 atom stereocenters. The number of hydrogen-bond donors (Lipinski definition) is 0. The lowest BCUT2D eigenvalue weighted by molar-refractivity contribution is 0.260. The Balaban J connectivity index is 1.95. The Kier molecular flexibility index (Phi) is 3.70. The quantitative estimate of drug-likeness (QED) is 0.854. The number of benzene rings is 1. The van der Waals surface area contributed by atoms with Gasteiger partial charge in [-0.3, -0.25) is 0 Å². The van der Waals surface area contributed by atoms with Crippen LogP contribution in [0.1, 0.15) is 26.3 Å². The monoisotopic (exact) mass is 286 g/mol. The van der Waals surface area contributed by atoms with Gasteiger partial charge in [0.05, 0.1) is 12.1 Å². The largest absolute Gasteiger partial charge is 0.478 e. The van der Waals surface area contributed by atoms with Crippen LogP contribution in [0.5, 0.6) is 0 Å². The van der Waals surface area contributed by atoms with Crippen molar-refractivity contribution in [3.05, 3.63) is 35.9 Å². The van der Waals surface area contributed by atoms with E-state index in [0.717, 1.165) is 18.2 Å². The number of ether oxygens (including phenoxy) is 2. The smallest absolute Gasteiger partial charge is 0.199 e. The molecule has 2 aliphatic heterocycles. The lowest BCUT2D eigenvalue weighted by Crippen LogP contribution is -2.39. The minimum Gasteiger partial charge on any atom is -0.478 e. The second kappa shape index (κ2) is 5.51. The number of rotatable bonds is 4. The molecule has 0 bridgehead atoms. The molecule has 2 aliphatic rings. The molecule has 0 N–H and O–H groups in total. The van der Waals surface area contributed by atoms with Crippen LogP contribution in [0.3, 0.4) is 0 Å². The third-order valence-corrected chi connectivity index (χ3v) is 3.94. The van der Waals surface area contributed by atoms with E-state index in [1.165, 1.54) is 5.56 Å². The molecule has 1 aromatic carbocycles. The summed E-state index contributed by atoms with van der Waals surface area (Å²) in [5, 5.41) is 0. The molecule has 0 aromatic heterocycles. The maximum Gasteiger partial charge on any atom is 0.199 e. The lowest BCUT2D eigenvalue weighted by Gasteiger charge is -2.28. The Morgan fingerprint density at radius 2 is 1.52 bits per heavy atom. The normalized spacial score (nSPS) is 27.4. The van der Waals surface area contributed by atoms with Crippen molar-refractivity contribution in [1.29, 1.82) is 0 Å². The number of nitrogens with zero attached hydrogens (tertiary/aromatic N) is 2. The second-order valence-corrected chi connectivity index (χ2v) is 6.18. The van der Waals surface area contributed by atoms with Crippen LogP contribution < -0.4 is 0 Å². The minimum atomic E-state index is -0.420. The summed E-state index contributed by atoms with van der Waals surface area (Å²) >= 11 is 0. The highest BCUT2D eigenvalue weighted by molar-refractivity contribution is 6.06. The second-order valence-electron chi connectivity index (χ2n) is 6.18. The zero-order valence-corrected chi connectivity index (χ0v) is 12.9. The zero-order valence-electron chi connectivity index (χ0n) is 12.9. The molecule has 1 aromatic rings. The molecule has 112 valence electrons. The van der Waals surface area contributed by atoms with E-state index in [0.29, 0.717) is 13.2 Å². The van der Waals surface area contributed by atoms with Gasteiger partial charge in [0.25, 0.3) is 0 Å². The van der Waals surface area contributed by atoms with Crippen molar-refractivity contribution in [3.63, 3.8) is 0 Å². The van der Waals surface area contributed by atoms with Crippen LogP contribution in [0, 0.1) is 5.41 Å². The summed E-state index contributed by atoms with van der Waals surface area (Å²) in [7, 11) is 0. The molecule has 0 amide bonds. The molecule has 0 aliphatic carbocycles. The van der Waals surface area contributed by atoms with E-state index in [1.807, 2.05) is 6.07 Å². The van der Waals surface area contributed by atoms with Gasteiger partial charge < -0.3 is 9.47 Å². The SMILES string of the molecule is CC1COC(C(C)(Cc2ccccc2)C2=NC(C)CO2)=N1. The summed E-state index contributed by atoms with van der Waals surface area (Å²) in [5.74, 6) is 1.51. The van der Waals surface area contributed by atoms with E-state index >= 15 is 0 Å². The lowest BCUT2D eigenvalue weighted by atomic mass is 9.82. The molecular formula is C17H22N2O2. The molecule has 4 heteroatoms. The van der Waals surface area contributed by atoms with Crippen LogP contribution in [0.15, 0.2) is 40.3 Å². The van der Waals surface area contributed by atoms with Crippen molar-refractivity contribution in [2.75, 3.05) is 13.2 Å². The van der Waals surface area contributed by atoms with Crippen LogP contribution in [0.4, 0.5) is 0 Å². The van der Waals surface area contributed by atoms with Crippen LogP contribution >= 0.6 is 0 Å². The molecule has 2 heterocycles. The third-order valence-electron chi connectivity index (χ3n) is 3.94. The topological polar surface area (TPSA) is 43.2 Å². The molecule has 0 saturated carbocycles. The first kappa shape index (κ1) is 14.1. The fraction of sp³-hybridized carbons (Fsp3) is 0.529. The molecule has 2 unspecified atom stereocenters. The summed E-state index contributed by atoms with van der Waals surface area (Å²) in [6.07, 6.45) is 0.783. The van der Waals surface area contributed by atoms with Crippen molar-refractivity contribution in [3.8, 4) is 0 Å². The third kappa shape index (κ3) is 2.80. The van der Waals surface area contributed by atoms with E-state index in [9.17, 15) is 0 Å². The van der Waals surface area contributed by atoms with Crippen molar-refractivity contribution < 1.29 is 9.47 Å². The minimum absolute atomic E-state index is 0.203. The molecule has 3 rings (SSSR count). The van der Waals surface area contributed by atoms with Crippen LogP contribution in [-0.2, 0) is 15.9 Å². The van der Waals surface area contributed by atoms with Crippen molar-refractivity contribution in [2.45, 2.75) is 39.3 Å². The highest BCUT2D eigenvalue weighted by Crippen LogP contribution is 2.33. The molecule has 4 nitrogen and oxygen atoms in total. The Morgan fingerprint density at radius 3 is 1.95 bits per heavy atom. The summed E-state index contributed by atoms with van der Waals surface area (Å²) in [4.78, 5) is 9.32. The highest BCUT2D eigenvalue weighted by atomic mass is 16.5. The van der Waals surface area contributed by atoms with E-state index < -0.39 is 5.41 Å². The predicted molar refractivity (Wildman–Crippen MR) is 84.0 cm³/mol. The van der Waals surface area contributed by atoms with Gasteiger partial charge in [0.1, 0.15) is 18.6 Å². The van der Waals surface area contributed by atoms with Gasteiger partial charge in [-0.1, -0.05) is 30.3 Å². The van der Waals surface area contributed by atoms with Gasteiger partial charge in [-0.25, -0.2) is 9.98 Å². The van der Waals surface area contributed by atoms with Gasteiger partial charge in [-0.05, 0) is 32.8 Å². The summed E-state index contributed by atoms with van der Waals surface area (Å²) < 4.78 is 11.7. The maximum atomic E-state index is 5.84. The fourth-order valence-electron chi connectivity index (χ4n) is 2.80. The number of aliphatic imine (C=N–C) groups is 2. The fourth-order valence-corrected chi connectivity index (χ4v) is 2.80. The van der Waals surface area contributed by atoms with Crippen LogP contribution in [0.25, 0.3) is 0 Å². The molecule has 0 saturated heterocycles. The zero-order chi connectivity index (χ0) is 14.9. The first-order valence-electron chi connectivity index (χ1n) is 7.54. The van der Waals surface area contributed by atoms with Gasteiger partial charge >= 0.3 is 0 Å². The van der Waals surface area contributed by atoms with Crippen LogP contribution in [-0.4, -0.2) is 37.1 Å². The average molecular weight is 286 g/mol. The van der Waals surface area contributed by atoms with Gasteiger partial charge in [0.15, 0.2) is 11.8 Å². The van der Waals surface area contributed by atoms with Gasteiger partial charge in [0.2, 0.25) is 0 Å². The highest BCUT2D eigenvalue weighted by Gasteiger charge is 2.44. The summed E-state index contributed by atoms with van der Waals surface area (Å²) in [6.45, 7) is 7.53. The Bertz CT molecular complexity index is 537. The average Bonchev–Trinajstić information content (AvgIpc) is 3.09. The Morgan fingerprint density at radius 1 is 1.00 bits per heavy atom. The molecule has 0 spiro atoms. The number of hydrogen-bond acceptors (Lipinski definition) is 4. The van der Waals surface area contributed by atoms with E-state index in [-0.39, 0.29) is 12.1 Å². The molecular weight excluding hydrogens is 264 g/mol. The molecule has 0 radical (unpaired) electrons. The molecule has 21 heavy (non-hydrogen) atoms. The summed E-state index contributed by atoms with van der Waals surface area (Å²) in [5.41, 5.74) is 0.813. The van der Waals surface area contributed by atoms with Gasteiger partial charge in [-0.15, -0.1) is 0 Å². The Hall–Kier alpha value is -1.84. The van der Waals surface area contributed by atoms with Crippen molar-refractivity contribution in [2.24, 2.45) is 15.4 Å².